The number of hydrogen-bond donors (Lipinski definition) is 1. The highest BCUT2D eigenvalue weighted by Gasteiger charge is 2.17. The third kappa shape index (κ3) is 2.07. The van der Waals surface area contributed by atoms with Gasteiger partial charge in [0.15, 0.2) is 0 Å². The maximum atomic E-state index is 10.8. The summed E-state index contributed by atoms with van der Waals surface area (Å²) in [5.41, 5.74) is 0.973. The van der Waals surface area contributed by atoms with E-state index in [0.717, 1.165) is 0 Å². The van der Waals surface area contributed by atoms with Crippen molar-refractivity contribution in [2.45, 2.75) is 19.3 Å². The van der Waals surface area contributed by atoms with E-state index in [1.807, 2.05) is 6.07 Å². The summed E-state index contributed by atoms with van der Waals surface area (Å²) in [4.78, 5) is 14.6. The van der Waals surface area contributed by atoms with E-state index in [1.54, 1.807) is 13.0 Å². The summed E-state index contributed by atoms with van der Waals surface area (Å²) in [6, 6.07) is 3.49. The highest BCUT2D eigenvalue weighted by Crippen LogP contribution is 2.19. The summed E-state index contributed by atoms with van der Waals surface area (Å²) in [7, 11) is 0. The van der Waals surface area contributed by atoms with Crippen molar-refractivity contribution in [1.82, 2.24) is 4.98 Å². The van der Waals surface area contributed by atoms with Gasteiger partial charge in [-0.3, -0.25) is 9.78 Å². The Labute approximate surface area is 81.8 Å². The molecular formula is C10H10N2O2. The van der Waals surface area contributed by atoms with E-state index >= 15 is 0 Å². The Bertz CT molecular complexity index is 382. The number of aliphatic carboxylic acids is 1. The molecule has 1 aromatic heterocycles. The Morgan fingerprint density at radius 3 is 2.93 bits per heavy atom. The van der Waals surface area contributed by atoms with Crippen LogP contribution in [0.3, 0.4) is 0 Å². The number of hydrogen-bond acceptors (Lipinski definition) is 3. The van der Waals surface area contributed by atoms with E-state index in [1.165, 1.54) is 12.4 Å². The van der Waals surface area contributed by atoms with Crippen LogP contribution in [0.15, 0.2) is 18.5 Å². The molecule has 0 amide bonds. The van der Waals surface area contributed by atoms with Crippen molar-refractivity contribution < 1.29 is 9.90 Å². The van der Waals surface area contributed by atoms with Crippen LogP contribution in [0.1, 0.15) is 30.4 Å². The first-order valence-corrected chi connectivity index (χ1v) is 4.27. The van der Waals surface area contributed by atoms with Gasteiger partial charge in [-0.15, -0.1) is 0 Å². The van der Waals surface area contributed by atoms with Gasteiger partial charge in [-0.05, 0) is 18.1 Å². The van der Waals surface area contributed by atoms with Gasteiger partial charge < -0.3 is 5.11 Å². The molecule has 0 fully saturated rings. The molecule has 0 bridgehead atoms. The van der Waals surface area contributed by atoms with Crippen LogP contribution in [-0.4, -0.2) is 16.1 Å². The molecule has 0 saturated heterocycles. The summed E-state index contributed by atoms with van der Waals surface area (Å²) >= 11 is 0. The molecule has 14 heavy (non-hydrogen) atoms. The Hall–Kier alpha value is -1.89. The maximum Gasteiger partial charge on any atom is 0.311 e. The summed E-state index contributed by atoms with van der Waals surface area (Å²) in [6.07, 6.45) is 3.40. The second-order valence-electron chi connectivity index (χ2n) is 2.92. The van der Waals surface area contributed by atoms with Crippen molar-refractivity contribution in [2.24, 2.45) is 0 Å². The fourth-order valence-corrected chi connectivity index (χ4v) is 1.26. The minimum absolute atomic E-state index is 0.391. The van der Waals surface area contributed by atoms with Crippen molar-refractivity contribution in [2.75, 3.05) is 0 Å². The van der Waals surface area contributed by atoms with Gasteiger partial charge in [0.05, 0.1) is 11.5 Å². The molecule has 1 N–H and O–H groups in total. The minimum Gasteiger partial charge on any atom is -0.481 e. The van der Waals surface area contributed by atoms with E-state index < -0.39 is 11.9 Å². The van der Waals surface area contributed by atoms with Crippen LogP contribution in [0, 0.1) is 11.3 Å². The van der Waals surface area contributed by atoms with Gasteiger partial charge in [0.2, 0.25) is 0 Å². The van der Waals surface area contributed by atoms with Crippen molar-refractivity contribution in [1.29, 1.82) is 5.26 Å². The largest absolute Gasteiger partial charge is 0.481 e. The Morgan fingerprint density at radius 1 is 1.71 bits per heavy atom. The molecule has 1 atom stereocenters. The van der Waals surface area contributed by atoms with Gasteiger partial charge in [0.1, 0.15) is 6.07 Å². The van der Waals surface area contributed by atoms with Crippen molar-refractivity contribution in [3.63, 3.8) is 0 Å². The van der Waals surface area contributed by atoms with Gasteiger partial charge in [-0.25, -0.2) is 0 Å². The standard InChI is InChI=1S/C10H10N2O2/c1-2-9(10(13)14)8-3-7(4-11)5-12-6-8/h3,5-6,9H,2H2,1H3,(H,13,14). The van der Waals surface area contributed by atoms with Crippen LogP contribution < -0.4 is 0 Å². The van der Waals surface area contributed by atoms with Crippen molar-refractivity contribution in [3.05, 3.63) is 29.6 Å². The molecule has 4 heteroatoms. The molecule has 0 aliphatic carbocycles. The molecule has 1 aromatic rings. The summed E-state index contributed by atoms with van der Waals surface area (Å²) in [6.45, 7) is 1.79. The molecule has 72 valence electrons. The zero-order valence-electron chi connectivity index (χ0n) is 7.77. The number of carboxylic acid groups (broad SMARTS) is 1. The minimum atomic E-state index is -0.885. The number of rotatable bonds is 3. The number of carboxylic acids is 1. The van der Waals surface area contributed by atoms with Crippen LogP contribution in [0.5, 0.6) is 0 Å². The second-order valence-corrected chi connectivity index (χ2v) is 2.92. The topological polar surface area (TPSA) is 74.0 Å². The number of carbonyl (C=O) groups is 1. The highest BCUT2D eigenvalue weighted by molar-refractivity contribution is 5.75. The van der Waals surface area contributed by atoms with E-state index in [0.29, 0.717) is 17.5 Å². The lowest BCUT2D eigenvalue weighted by Gasteiger charge is -2.08. The molecule has 0 aliphatic rings. The molecule has 1 unspecified atom stereocenters. The molecule has 0 aromatic carbocycles. The fourth-order valence-electron chi connectivity index (χ4n) is 1.26. The lowest BCUT2D eigenvalue weighted by molar-refractivity contribution is -0.138. The predicted molar refractivity (Wildman–Crippen MR) is 49.6 cm³/mol. The molecule has 1 heterocycles. The van der Waals surface area contributed by atoms with E-state index in [-0.39, 0.29) is 0 Å². The zero-order chi connectivity index (χ0) is 10.6. The molecule has 4 nitrogen and oxygen atoms in total. The fraction of sp³-hybridized carbons (Fsp3) is 0.300. The lowest BCUT2D eigenvalue weighted by Crippen LogP contribution is -2.10. The normalized spacial score (nSPS) is 11.7. The lowest BCUT2D eigenvalue weighted by atomic mass is 9.97. The van der Waals surface area contributed by atoms with Gasteiger partial charge in [-0.2, -0.15) is 5.26 Å². The summed E-state index contributed by atoms with van der Waals surface area (Å²) < 4.78 is 0. The maximum absolute atomic E-state index is 10.8. The third-order valence-electron chi connectivity index (χ3n) is 2.00. The average Bonchev–Trinajstić information content (AvgIpc) is 2.19. The Balaban J connectivity index is 3.05. The van der Waals surface area contributed by atoms with Gasteiger partial charge in [-0.1, -0.05) is 6.92 Å². The number of nitriles is 1. The van der Waals surface area contributed by atoms with Gasteiger partial charge in [0, 0.05) is 12.4 Å². The number of pyridine rings is 1. The summed E-state index contributed by atoms with van der Waals surface area (Å²) in [5, 5.41) is 17.5. The molecule has 0 aliphatic heterocycles. The average molecular weight is 190 g/mol. The second kappa shape index (κ2) is 4.38. The number of nitrogens with zero attached hydrogens (tertiary/aromatic N) is 2. The van der Waals surface area contributed by atoms with Gasteiger partial charge in [0.25, 0.3) is 0 Å². The van der Waals surface area contributed by atoms with E-state index in [2.05, 4.69) is 4.98 Å². The monoisotopic (exact) mass is 190 g/mol. The highest BCUT2D eigenvalue weighted by atomic mass is 16.4. The van der Waals surface area contributed by atoms with E-state index in [9.17, 15) is 4.79 Å². The van der Waals surface area contributed by atoms with Crippen LogP contribution in [0.2, 0.25) is 0 Å². The first kappa shape index (κ1) is 10.2. The zero-order valence-corrected chi connectivity index (χ0v) is 7.77. The van der Waals surface area contributed by atoms with Crippen LogP contribution in [0.25, 0.3) is 0 Å². The van der Waals surface area contributed by atoms with Crippen LogP contribution in [-0.2, 0) is 4.79 Å². The first-order valence-electron chi connectivity index (χ1n) is 4.27. The van der Waals surface area contributed by atoms with Crippen LogP contribution in [0.4, 0.5) is 0 Å². The first-order chi connectivity index (χ1) is 6.69. The number of aromatic nitrogens is 1. The molecule has 1 rings (SSSR count). The molecular weight excluding hydrogens is 180 g/mol. The Kier molecular flexibility index (Phi) is 3.19. The van der Waals surface area contributed by atoms with Crippen molar-refractivity contribution >= 4 is 5.97 Å². The van der Waals surface area contributed by atoms with Gasteiger partial charge >= 0.3 is 5.97 Å². The SMILES string of the molecule is CCC(C(=O)O)c1cncc(C#N)c1. The third-order valence-corrected chi connectivity index (χ3v) is 2.00. The Morgan fingerprint density at radius 2 is 2.43 bits per heavy atom. The quantitative estimate of drug-likeness (QED) is 0.784. The molecule has 0 saturated carbocycles. The van der Waals surface area contributed by atoms with E-state index in [4.69, 9.17) is 10.4 Å². The molecule has 0 radical (unpaired) electrons. The molecule has 0 spiro atoms. The summed E-state index contributed by atoms with van der Waals surface area (Å²) in [5.74, 6) is -1.46. The van der Waals surface area contributed by atoms with Crippen molar-refractivity contribution in [3.8, 4) is 6.07 Å². The predicted octanol–water partition coefficient (Wildman–Crippen LogP) is 1.53. The smallest absolute Gasteiger partial charge is 0.311 e. The van der Waals surface area contributed by atoms with Crippen LogP contribution >= 0.6 is 0 Å².